The van der Waals surface area contributed by atoms with Crippen molar-refractivity contribution in [2.75, 3.05) is 37.8 Å². The quantitative estimate of drug-likeness (QED) is 0.0211. The molecule has 70 heavy (non-hydrogen) atoms. The highest BCUT2D eigenvalue weighted by molar-refractivity contribution is 8.13. The molecule has 9 atom stereocenters. The van der Waals surface area contributed by atoms with E-state index in [0.717, 1.165) is 61.1 Å². The van der Waals surface area contributed by atoms with E-state index < -0.39 is 84.6 Å². The van der Waals surface area contributed by atoms with Crippen molar-refractivity contribution < 1.29 is 85.2 Å². The lowest BCUT2D eigenvalue weighted by Gasteiger charge is -2.30. The molecule has 4 rings (SSSR count). The van der Waals surface area contributed by atoms with E-state index in [1.807, 2.05) is 0 Å². The van der Waals surface area contributed by atoms with Gasteiger partial charge in [0.15, 0.2) is 22.8 Å². The number of allylic oxidation sites excluding steroid dienone is 4. The molecule has 0 radical (unpaired) electrons. The Bertz CT molecular complexity index is 2260. The summed E-state index contributed by atoms with van der Waals surface area (Å²) >= 11 is 1.11. The molecule has 0 saturated carbocycles. The Hall–Kier alpha value is -3.26. The number of nitrogens with one attached hydrogen (secondary N) is 2. The van der Waals surface area contributed by atoms with E-state index >= 15 is 0 Å². The fourth-order valence-electron chi connectivity index (χ4n) is 6.80. The predicted molar refractivity (Wildman–Crippen MR) is 255 cm³/mol. The van der Waals surface area contributed by atoms with Gasteiger partial charge in [-0.15, -0.1) is 0 Å². The van der Waals surface area contributed by atoms with Crippen LogP contribution in [-0.4, -0.2) is 135 Å². The Morgan fingerprint density at radius 3 is 2.27 bits per heavy atom. The molecule has 2 aliphatic heterocycles. The van der Waals surface area contributed by atoms with E-state index in [1.165, 1.54) is 33.1 Å². The molecular weight excluding hydrogens is 1000 g/mol. The van der Waals surface area contributed by atoms with Gasteiger partial charge < -0.3 is 55.6 Å². The van der Waals surface area contributed by atoms with Crippen molar-refractivity contribution in [2.24, 2.45) is 5.41 Å². The average molecular weight is 1070 g/mol. The average Bonchev–Trinajstić information content (AvgIpc) is 3.77. The number of aliphatic hydroxyl groups is 2. The first kappa shape index (κ1) is 59.3. The van der Waals surface area contributed by atoms with Crippen LogP contribution in [0.15, 0.2) is 49.1 Å². The van der Waals surface area contributed by atoms with Crippen LogP contribution in [0.3, 0.4) is 0 Å². The Morgan fingerprint density at radius 1 is 0.886 bits per heavy atom. The molecule has 0 aliphatic carbocycles. The lowest BCUT2D eigenvalue weighted by Crippen LogP contribution is -2.46. The lowest BCUT2D eigenvalue weighted by molar-refractivity contribution is -0.137. The van der Waals surface area contributed by atoms with Gasteiger partial charge >= 0.3 is 23.5 Å². The van der Waals surface area contributed by atoms with Crippen LogP contribution in [0.2, 0.25) is 0 Å². The third kappa shape index (κ3) is 20.7. The number of nitrogens with zero attached hydrogens (tertiary/aromatic N) is 4. The number of aliphatic hydroxyl groups excluding tert-OH is 2. The number of carbonyl (C=O) groups excluding carboxylic acids is 3. The first-order valence-corrected chi connectivity index (χ1v) is 28.2. The van der Waals surface area contributed by atoms with Crippen LogP contribution in [0.25, 0.3) is 11.2 Å². The summed E-state index contributed by atoms with van der Waals surface area (Å²) in [5.41, 5.74) is 4.27. The van der Waals surface area contributed by atoms with Crippen LogP contribution in [0.1, 0.15) is 97.6 Å². The van der Waals surface area contributed by atoms with Crippen molar-refractivity contribution in [1.29, 1.82) is 0 Å². The molecule has 2 aromatic heterocycles. The molecule has 394 valence electrons. The second-order valence-electron chi connectivity index (χ2n) is 17.0. The largest absolute Gasteiger partial charge is 0.481 e. The second kappa shape index (κ2) is 28.3. The third-order valence-corrected chi connectivity index (χ3v) is 14.7. The normalized spacial score (nSPS) is 23.0. The fourth-order valence-corrected chi connectivity index (χ4v) is 10.4. The summed E-state index contributed by atoms with van der Waals surface area (Å²) in [5.74, 6) is -1.09. The third-order valence-electron chi connectivity index (χ3n) is 10.7. The summed E-state index contributed by atoms with van der Waals surface area (Å²) in [6.45, 7) is 2.71. The fraction of sp³-hybridized carbons (Fsp3) is 0.659. The topological polar surface area (TPSA) is 376 Å². The van der Waals surface area contributed by atoms with Gasteiger partial charge in [0, 0.05) is 37.1 Å². The van der Waals surface area contributed by atoms with E-state index in [0.29, 0.717) is 30.8 Å². The predicted octanol–water partition coefficient (Wildman–Crippen LogP) is 4.02. The van der Waals surface area contributed by atoms with Crippen molar-refractivity contribution in [3.63, 3.8) is 0 Å². The second-order valence-corrected chi connectivity index (χ2v) is 22.4. The number of thioether (sulfide) groups is 1. The van der Waals surface area contributed by atoms with Crippen molar-refractivity contribution in [2.45, 2.75) is 134 Å². The smallest absolute Gasteiger partial charge is 0.386 e. The molecule has 29 heteroatoms. The Labute approximate surface area is 409 Å². The SMILES string of the molecule is CCCCC/C=C/CC1OC1C/C=C/C/C=C/CCCC(=O)SCCNC(=O)CCNC(=O)C(O)C(C)(C)COP(=O)(O)OP(=O)(O)OCC1OC(n2cnc3c(N)ncnc32)C(O)C1OP(=O)(O)O. The summed E-state index contributed by atoms with van der Waals surface area (Å²) < 4.78 is 68.2. The van der Waals surface area contributed by atoms with Gasteiger partial charge in [0.05, 0.1) is 31.7 Å². The van der Waals surface area contributed by atoms with Crippen LogP contribution in [0, 0.1) is 5.41 Å². The minimum Gasteiger partial charge on any atom is -0.386 e. The number of rotatable bonds is 33. The number of hydrogen-bond acceptors (Lipinski definition) is 19. The summed E-state index contributed by atoms with van der Waals surface area (Å²) in [5, 5.41) is 26.6. The van der Waals surface area contributed by atoms with Gasteiger partial charge in [-0.3, -0.25) is 32.5 Å². The molecule has 10 N–H and O–H groups in total. The number of phosphoric acid groups is 3. The van der Waals surface area contributed by atoms with Crippen molar-refractivity contribution in [3.05, 3.63) is 49.1 Å². The van der Waals surface area contributed by atoms with Crippen LogP contribution in [0.5, 0.6) is 0 Å². The lowest BCUT2D eigenvalue weighted by atomic mass is 9.87. The maximum absolute atomic E-state index is 12.7. The monoisotopic (exact) mass is 1070 g/mol. The summed E-state index contributed by atoms with van der Waals surface area (Å²) in [7, 11) is -16.4. The Morgan fingerprint density at radius 2 is 1.56 bits per heavy atom. The number of ether oxygens (including phenoxy) is 2. The minimum absolute atomic E-state index is 0.00858. The number of phosphoric ester groups is 3. The molecule has 2 aromatic rings. The zero-order chi connectivity index (χ0) is 51.5. The van der Waals surface area contributed by atoms with Crippen molar-refractivity contribution >= 4 is 69.1 Å². The number of fused-ring (bicyclic) bond motifs is 1. The number of hydrogen-bond donors (Lipinski definition) is 9. The highest BCUT2D eigenvalue weighted by atomic mass is 32.2. The van der Waals surface area contributed by atoms with E-state index in [9.17, 15) is 57.9 Å². The zero-order valence-electron chi connectivity index (χ0n) is 39.2. The number of imidazole rings is 1. The van der Waals surface area contributed by atoms with E-state index in [2.05, 4.69) is 77.8 Å². The van der Waals surface area contributed by atoms with Crippen molar-refractivity contribution in [1.82, 2.24) is 30.2 Å². The molecule has 0 aromatic carbocycles. The van der Waals surface area contributed by atoms with Crippen LogP contribution < -0.4 is 16.4 Å². The van der Waals surface area contributed by atoms with Crippen LogP contribution >= 0.6 is 35.2 Å². The summed E-state index contributed by atoms with van der Waals surface area (Å²) in [4.78, 5) is 88.4. The molecular formula is C41H66N7O18P3S. The summed E-state index contributed by atoms with van der Waals surface area (Å²) in [6.07, 6.45) is 16.1. The number of aromatic nitrogens is 4. The number of nitrogen functional groups attached to an aromatic ring is 1. The number of anilines is 1. The minimum atomic E-state index is -5.58. The van der Waals surface area contributed by atoms with Gasteiger partial charge in [0.2, 0.25) is 11.8 Å². The summed E-state index contributed by atoms with van der Waals surface area (Å²) in [6, 6.07) is 0. The molecule has 0 bridgehead atoms. The molecule has 2 saturated heterocycles. The molecule has 0 spiro atoms. The Balaban J connectivity index is 1.07. The first-order chi connectivity index (χ1) is 33.0. The molecule has 9 unspecified atom stereocenters. The molecule has 4 heterocycles. The standard InChI is InChI=1S/C41H66N7O18P3S/c1-4-5-6-7-11-14-17-28-29(63-28)18-15-12-9-8-10-13-16-19-32(50)70-23-22-43-31(49)20-21-44-39(53)36(52)41(2,3)25-62-69(59,60)66-68(57,58)61-24-30-35(65-67(54,55)56)34(51)40(64-30)48-27-47-33-37(42)45-26-46-38(33)48/h8,10-12,14-15,26-30,34-36,40,51-52H,4-7,9,13,16-25H2,1-3H3,(H,43,49)(H,44,53)(H,57,58)(H,59,60)(H2,42,45,46)(H2,54,55,56)/b10-8+,14-11+,15-12+. The highest BCUT2D eigenvalue weighted by Crippen LogP contribution is 2.61. The van der Waals surface area contributed by atoms with Gasteiger partial charge in [0.1, 0.15) is 36.3 Å². The first-order valence-electron chi connectivity index (χ1n) is 22.7. The molecule has 2 amide bonds. The molecule has 25 nitrogen and oxygen atoms in total. The number of epoxide rings is 1. The van der Waals surface area contributed by atoms with Gasteiger partial charge in [-0.1, -0.05) is 81.8 Å². The van der Waals surface area contributed by atoms with Gasteiger partial charge in [-0.05, 0) is 44.9 Å². The van der Waals surface area contributed by atoms with E-state index in [1.54, 1.807) is 0 Å². The highest BCUT2D eigenvalue weighted by Gasteiger charge is 2.50. The molecule has 2 aliphatic rings. The van der Waals surface area contributed by atoms with Gasteiger partial charge in [-0.2, -0.15) is 4.31 Å². The van der Waals surface area contributed by atoms with Crippen LogP contribution in [-0.2, 0) is 55.4 Å². The van der Waals surface area contributed by atoms with Crippen molar-refractivity contribution in [3.8, 4) is 0 Å². The number of carbonyl (C=O) groups is 3. The maximum atomic E-state index is 12.7. The molecule has 2 fully saturated rings. The number of nitrogens with two attached hydrogens (primary N) is 1. The van der Waals surface area contributed by atoms with E-state index in [4.69, 9.17) is 24.3 Å². The Kier molecular flexibility index (Phi) is 23.9. The zero-order valence-corrected chi connectivity index (χ0v) is 42.7. The van der Waals surface area contributed by atoms with E-state index in [-0.39, 0.29) is 41.6 Å². The maximum Gasteiger partial charge on any atom is 0.481 e. The number of unbranched alkanes of at least 4 members (excludes halogenated alkanes) is 4. The van der Waals surface area contributed by atoms with Crippen LogP contribution in [0.4, 0.5) is 5.82 Å². The van der Waals surface area contributed by atoms with Gasteiger partial charge in [0.25, 0.3) is 0 Å². The van der Waals surface area contributed by atoms with Gasteiger partial charge in [-0.25, -0.2) is 28.6 Å². The number of amides is 2.